The highest BCUT2D eigenvalue weighted by atomic mass is 16.5. The topological polar surface area (TPSA) is 82.1 Å². The highest BCUT2D eigenvalue weighted by molar-refractivity contribution is 6.01. The van der Waals surface area contributed by atoms with Crippen molar-refractivity contribution in [2.45, 2.75) is 94.4 Å². The molecule has 4 aliphatic rings. The van der Waals surface area contributed by atoms with E-state index in [2.05, 4.69) is 96.6 Å². The number of aryl methyl sites for hydroxylation is 1. The van der Waals surface area contributed by atoms with Gasteiger partial charge in [0.15, 0.2) is 0 Å². The van der Waals surface area contributed by atoms with Gasteiger partial charge < -0.3 is 25.0 Å². The molecule has 2 heterocycles. The number of nitrogens with one attached hydrogen (secondary N) is 1. The van der Waals surface area contributed by atoms with E-state index in [1.54, 1.807) is 4.90 Å². The smallest absolute Gasteiger partial charge is 0.255 e. The summed E-state index contributed by atoms with van der Waals surface area (Å²) < 4.78 is 6.20. The molecular weight excluding hydrogens is 659 g/mol. The van der Waals surface area contributed by atoms with Crippen LogP contribution in [0.3, 0.4) is 0 Å². The van der Waals surface area contributed by atoms with E-state index in [0.717, 1.165) is 61.9 Å². The summed E-state index contributed by atoms with van der Waals surface area (Å²) in [6.45, 7) is 6.56. The number of hydrogen-bond donors (Lipinski definition) is 2. The molecule has 0 radical (unpaired) electrons. The van der Waals surface area contributed by atoms with Crippen molar-refractivity contribution in [3.8, 4) is 5.75 Å². The zero-order chi connectivity index (χ0) is 36.5. The van der Waals surface area contributed by atoms with Crippen molar-refractivity contribution in [3.63, 3.8) is 0 Å². The minimum absolute atomic E-state index is 0.0334. The van der Waals surface area contributed by atoms with Crippen LogP contribution in [-0.2, 0) is 29.1 Å². The average Bonchev–Trinajstić information content (AvgIpc) is 3.51. The fourth-order valence-electron chi connectivity index (χ4n) is 9.46. The summed E-state index contributed by atoms with van der Waals surface area (Å²) in [5, 5.41) is 13.0. The summed E-state index contributed by atoms with van der Waals surface area (Å²) in [4.78, 5) is 30.0. The van der Waals surface area contributed by atoms with Gasteiger partial charge in [0.25, 0.3) is 5.91 Å². The Morgan fingerprint density at radius 3 is 2.38 bits per heavy atom. The Morgan fingerprint density at radius 1 is 0.830 bits per heavy atom. The molecular formula is C46H51N3O4. The Labute approximate surface area is 313 Å². The molecule has 0 aromatic heterocycles. The fraction of sp³-hybridized carbons (Fsp3) is 0.391. The summed E-state index contributed by atoms with van der Waals surface area (Å²) in [5.74, 6) is 1.32. The highest BCUT2D eigenvalue weighted by Crippen LogP contribution is 2.47. The second-order valence-electron chi connectivity index (χ2n) is 15.7. The first-order valence-electron chi connectivity index (χ1n) is 19.5. The molecule has 3 atom stereocenters. The molecule has 4 aromatic carbocycles. The third-order valence-electron chi connectivity index (χ3n) is 12.5. The number of nitrogens with zero attached hydrogens (tertiary/aromatic N) is 2. The molecule has 274 valence electrons. The van der Waals surface area contributed by atoms with Crippen LogP contribution in [-0.4, -0.2) is 59.0 Å². The van der Waals surface area contributed by atoms with Gasteiger partial charge in [-0.3, -0.25) is 9.59 Å². The van der Waals surface area contributed by atoms with Gasteiger partial charge in [-0.2, -0.15) is 0 Å². The van der Waals surface area contributed by atoms with Gasteiger partial charge in [-0.15, -0.1) is 0 Å². The molecule has 2 aliphatic carbocycles. The van der Waals surface area contributed by atoms with Crippen LogP contribution in [0.5, 0.6) is 5.75 Å². The zero-order valence-electron chi connectivity index (χ0n) is 30.8. The lowest BCUT2D eigenvalue weighted by Crippen LogP contribution is -2.49. The standard InChI is InChI=1S/C46H51N3O4/c1-30-8-23-43(45(51)47-30)49-28-37-26-35(15-21-42(37)46(49)52)32-13-17-38(18-14-32)48(2)24-25-53-29-31-9-11-34(12-10-31)44-40(33-6-4-3-5-7-33)20-16-36-27-39(50)19-22-41(36)44/h3-7,9-12,15,19,21-22,26-27,32,38,40,43-44,50H,1,8,13-14,16-18,20,23-25,28-29H2,2H3,(H,47,51)/t32?,38?,40-,43+,44+/m1/s1. The minimum atomic E-state index is -0.421. The molecule has 0 bridgehead atoms. The molecule has 2 N–H and O–H groups in total. The Hall–Kier alpha value is -4.72. The predicted molar refractivity (Wildman–Crippen MR) is 208 cm³/mol. The molecule has 7 nitrogen and oxygen atoms in total. The maximum atomic E-state index is 13.2. The number of carbonyl (C=O) groups is 2. The number of amides is 2. The highest BCUT2D eigenvalue weighted by Gasteiger charge is 2.38. The maximum absolute atomic E-state index is 13.2. The molecule has 2 aliphatic heterocycles. The lowest BCUT2D eigenvalue weighted by Gasteiger charge is -2.35. The van der Waals surface area contributed by atoms with Crippen molar-refractivity contribution in [2.24, 2.45) is 0 Å². The minimum Gasteiger partial charge on any atom is -0.508 e. The molecule has 2 fully saturated rings. The van der Waals surface area contributed by atoms with Crippen molar-refractivity contribution in [2.75, 3.05) is 20.2 Å². The van der Waals surface area contributed by atoms with E-state index in [4.69, 9.17) is 4.74 Å². The van der Waals surface area contributed by atoms with Crippen LogP contribution in [0.15, 0.2) is 103 Å². The third-order valence-corrected chi connectivity index (χ3v) is 12.5. The van der Waals surface area contributed by atoms with Gasteiger partial charge >= 0.3 is 0 Å². The van der Waals surface area contributed by atoms with Crippen LogP contribution >= 0.6 is 0 Å². The Bertz CT molecular complexity index is 1970. The average molecular weight is 710 g/mol. The van der Waals surface area contributed by atoms with Crippen molar-refractivity contribution in [3.05, 3.63) is 148 Å². The predicted octanol–water partition coefficient (Wildman–Crippen LogP) is 8.18. The summed E-state index contributed by atoms with van der Waals surface area (Å²) in [6, 6.07) is 32.2. The second-order valence-corrected chi connectivity index (χ2v) is 15.7. The number of phenols is 1. The van der Waals surface area contributed by atoms with E-state index in [0.29, 0.717) is 56.2 Å². The van der Waals surface area contributed by atoms with Gasteiger partial charge in [0.2, 0.25) is 5.91 Å². The molecule has 0 unspecified atom stereocenters. The normalized spacial score (nSPS) is 24.2. The third kappa shape index (κ3) is 7.42. The number of hydrogen-bond acceptors (Lipinski definition) is 5. The van der Waals surface area contributed by atoms with E-state index < -0.39 is 6.04 Å². The number of piperidine rings is 1. The Balaban J connectivity index is 0.814. The lowest BCUT2D eigenvalue weighted by atomic mass is 9.69. The molecule has 1 saturated carbocycles. The molecule has 8 rings (SSSR count). The molecule has 1 saturated heterocycles. The summed E-state index contributed by atoms with van der Waals surface area (Å²) >= 11 is 0. The first kappa shape index (κ1) is 35.3. The number of allylic oxidation sites excluding steroid dienone is 1. The van der Waals surface area contributed by atoms with Crippen LogP contribution in [0.4, 0.5) is 0 Å². The van der Waals surface area contributed by atoms with E-state index >= 15 is 0 Å². The number of likely N-dealkylation sites (N-methyl/N-ethyl adjacent to an activating group) is 1. The van der Waals surface area contributed by atoms with Crippen LogP contribution in [0.25, 0.3) is 0 Å². The number of benzene rings is 4. The largest absolute Gasteiger partial charge is 0.508 e. The number of fused-ring (bicyclic) bond motifs is 2. The SMILES string of the molecule is C=C1CC[C@H](N2Cc3cc(C4CCC(N(C)CCOCc5ccc([C@@H]6c7ccc(O)cc7CC[C@@H]6c6ccccc6)cc5)CC4)ccc3C2=O)C(=O)N1. The summed E-state index contributed by atoms with van der Waals surface area (Å²) in [7, 11) is 2.22. The van der Waals surface area contributed by atoms with Gasteiger partial charge in [-0.25, -0.2) is 0 Å². The zero-order valence-corrected chi connectivity index (χ0v) is 30.8. The van der Waals surface area contributed by atoms with Gasteiger partial charge in [-0.05, 0) is 127 Å². The number of rotatable bonds is 10. The van der Waals surface area contributed by atoms with Gasteiger partial charge in [-0.1, -0.05) is 79.4 Å². The molecule has 4 aromatic rings. The van der Waals surface area contributed by atoms with Gasteiger partial charge in [0, 0.05) is 36.3 Å². The summed E-state index contributed by atoms with van der Waals surface area (Å²) in [6.07, 6.45) is 7.91. The fourth-order valence-corrected chi connectivity index (χ4v) is 9.46. The van der Waals surface area contributed by atoms with Crippen LogP contribution < -0.4 is 5.32 Å². The van der Waals surface area contributed by atoms with Crippen LogP contribution in [0.2, 0.25) is 0 Å². The molecule has 0 spiro atoms. The lowest BCUT2D eigenvalue weighted by molar-refractivity contribution is -0.126. The quantitative estimate of drug-likeness (QED) is 0.163. The van der Waals surface area contributed by atoms with Crippen molar-refractivity contribution < 1.29 is 19.4 Å². The number of phenolic OH excluding ortho intramolecular Hbond substituents is 1. The van der Waals surface area contributed by atoms with Crippen LogP contribution in [0, 0.1) is 0 Å². The molecule has 2 amide bonds. The second kappa shape index (κ2) is 15.3. The number of ether oxygens (including phenoxy) is 1. The van der Waals surface area contributed by atoms with E-state index in [-0.39, 0.29) is 17.7 Å². The molecule has 53 heavy (non-hydrogen) atoms. The van der Waals surface area contributed by atoms with Crippen LogP contribution in [0.1, 0.15) is 112 Å². The Kier molecular flexibility index (Phi) is 10.2. The summed E-state index contributed by atoms with van der Waals surface area (Å²) in [5.41, 5.74) is 10.3. The first-order chi connectivity index (χ1) is 25.8. The number of carbonyl (C=O) groups excluding carboxylic acids is 2. The first-order valence-corrected chi connectivity index (χ1v) is 19.5. The monoisotopic (exact) mass is 709 g/mol. The number of aromatic hydroxyl groups is 1. The molecule has 7 heteroatoms. The van der Waals surface area contributed by atoms with Crippen molar-refractivity contribution >= 4 is 11.8 Å². The van der Waals surface area contributed by atoms with Crippen molar-refractivity contribution in [1.29, 1.82) is 0 Å². The van der Waals surface area contributed by atoms with Gasteiger partial charge in [0.1, 0.15) is 11.8 Å². The maximum Gasteiger partial charge on any atom is 0.255 e. The van der Waals surface area contributed by atoms with E-state index in [1.165, 1.54) is 33.4 Å². The van der Waals surface area contributed by atoms with E-state index in [1.807, 2.05) is 18.2 Å². The Morgan fingerprint density at radius 2 is 1.60 bits per heavy atom. The van der Waals surface area contributed by atoms with Gasteiger partial charge in [0.05, 0.1) is 13.2 Å². The van der Waals surface area contributed by atoms with Crippen molar-refractivity contribution in [1.82, 2.24) is 15.1 Å². The van der Waals surface area contributed by atoms with E-state index in [9.17, 15) is 14.7 Å².